The molecule has 0 bridgehead atoms. The fourth-order valence-corrected chi connectivity index (χ4v) is 3.37. The van der Waals surface area contributed by atoms with E-state index in [1.165, 1.54) is 6.42 Å². The van der Waals surface area contributed by atoms with Crippen molar-refractivity contribution in [1.82, 2.24) is 10.2 Å². The van der Waals surface area contributed by atoms with Crippen molar-refractivity contribution in [1.29, 1.82) is 0 Å². The Morgan fingerprint density at radius 2 is 1.96 bits per heavy atom. The second kappa shape index (κ2) is 8.41. The number of aromatic hydroxyl groups is 1. The minimum absolute atomic E-state index is 0. The van der Waals surface area contributed by atoms with Gasteiger partial charge in [0.2, 0.25) is 5.91 Å². The van der Waals surface area contributed by atoms with Gasteiger partial charge in [0, 0.05) is 32.6 Å². The second-order valence-corrected chi connectivity index (χ2v) is 6.25. The highest BCUT2D eigenvalue weighted by Gasteiger charge is 2.23. The van der Waals surface area contributed by atoms with Crippen LogP contribution in [0.2, 0.25) is 0 Å². The number of hydrogen-bond acceptors (Lipinski definition) is 4. The Morgan fingerprint density at radius 3 is 2.61 bits per heavy atom. The van der Waals surface area contributed by atoms with Crippen LogP contribution < -0.4 is 10.2 Å². The average molecular weight is 340 g/mol. The van der Waals surface area contributed by atoms with E-state index < -0.39 is 0 Å². The van der Waals surface area contributed by atoms with Crippen molar-refractivity contribution in [3.05, 3.63) is 24.3 Å². The highest BCUT2D eigenvalue weighted by Crippen LogP contribution is 2.27. The molecular weight excluding hydrogens is 314 g/mol. The normalized spacial score (nSPS) is 21.1. The maximum Gasteiger partial charge on any atom is 0.222 e. The molecule has 23 heavy (non-hydrogen) atoms. The quantitative estimate of drug-likeness (QED) is 0.879. The molecule has 1 aromatic carbocycles. The lowest BCUT2D eigenvalue weighted by molar-refractivity contribution is -0.131. The standard InChI is InChI=1S/C17H25N3O2.ClH/c21-16-4-2-1-3-15(16)19-9-11-20(12-10-19)17(22)6-5-14-7-8-18-13-14;/h1-4,14,18,21H,5-13H2;1H. The molecule has 6 heteroatoms. The molecule has 1 unspecified atom stereocenters. The average Bonchev–Trinajstić information content (AvgIpc) is 3.07. The monoisotopic (exact) mass is 339 g/mol. The van der Waals surface area contributed by atoms with Gasteiger partial charge in [-0.3, -0.25) is 4.79 Å². The lowest BCUT2D eigenvalue weighted by Crippen LogP contribution is -2.48. The lowest BCUT2D eigenvalue weighted by atomic mass is 10.0. The van der Waals surface area contributed by atoms with E-state index in [0.29, 0.717) is 18.1 Å². The minimum atomic E-state index is 0. The van der Waals surface area contributed by atoms with Crippen LogP contribution in [0.5, 0.6) is 5.75 Å². The molecule has 0 radical (unpaired) electrons. The van der Waals surface area contributed by atoms with Gasteiger partial charge in [-0.2, -0.15) is 0 Å². The first-order valence-electron chi connectivity index (χ1n) is 8.25. The number of halogens is 1. The fraction of sp³-hybridized carbons (Fsp3) is 0.588. The molecular formula is C17H26ClN3O2. The van der Waals surface area contributed by atoms with Gasteiger partial charge in [0.25, 0.3) is 0 Å². The third-order valence-electron chi connectivity index (χ3n) is 4.78. The summed E-state index contributed by atoms with van der Waals surface area (Å²) in [5.41, 5.74) is 0.867. The van der Waals surface area contributed by atoms with Gasteiger partial charge in [0.1, 0.15) is 5.75 Å². The first-order chi connectivity index (χ1) is 10.7. The predicted octanol–water partition coefficient (Wildman–Crippen LogP) is 1.85. The second-order valence-electron chi connectivity index (χ2n) is 6.25. The van der Waals surface area contributed by atoms with E-state index in [4.69, 9.17) is 0 Å². The Hall–Kier alpha value is -1.46. The topological polar surface area (TPSA) is 55.8 Å². The third-order valence-corrected chi connectivity index (χ3v) is 4.78. The number of hydrogen-bond donors (Lipinski definition) is 2. The molecule has 0 aromatic heterocycles. The van der Waals surface area contributed by atoms with Crippen LogP contribution in [0.3, 0.4) is 0 Å². The van der Waals surface area contributed by atoms with Crippen molar-refractivity contribution < 1.29 is 9.90 Å². The molecule has 3 rings (SSSR count). The fourth-order valence-electron chi connectivity index (χ4n) is 3.37. The molecule has 0 saturated carbocycles. The molecule has 2 saturated heterocycles. The largest absolute Gasteiger partial charge is 0.506 e. The number of amides is 1. The summed E-state index contributed by atoms with van der Waals surface area (Å²) in [7, 11) is 0. The van der Waals surface area contributed by atoms with E-state index in [2.05, 4.69) is 10.2 Å². The zero-order chi connectivity index (χ0) is 15.4. The highest BCUT2D eigenvalue weighted by atomic mass is 35.5. The van der Waals surface area contributed by atoms with Gasteiger partial charge < -0.3 is 20.2 Å². The van der Waals surface area contributed by atoms with Crippen molar-refractivity contribution in [2.24, 2.45) is 5.92 Å². The Labute approximate surface area is 144 Å². The number of nitrogens with one attached hydrogen (secondary N) is 1. The molecule has 1 aromatic rings. The number of piperazine rings is 1. The van der Waals surface area contributed by atoms with Crippen LogP contribution in [0, 0.1) is 5.92 Å². The maximum absolute atomic E-state index is 12.3. The Morgan fingerprint density at radius 1 is 1.22 bits per heavy atom. The molecule has 2 N–H and O–H groups in total. The number of benzene rings is 1. The third kappa shape index (κ3) is 4.52. The summed E-state index contributed by atoms with van der Waals surface area (Å²) in [4.78, 5) is 16.4. The van der Waals surface area contributed by atoms with Crippen molar-refractivity contribution in [3.8, 4) is 5.75 Å². The van der Waals surface area contributed by atoms with Gasteiger partial charge in [-0.1, -0.05) is 12.1 Å². The molecule has 1 atom stereocenters. The summed E-state index contributed by atoms with van der Waals surface area (Å²) in [5, 5.41) is 13.3. The summed E-state index contributed by atoms with van der Waals surface area (Å²) in [5.74, 6) is 1.27. The van der Waals surface area contributed by atoms with Gasteiger partial charge in [0.15, 0.2) is 0 Å². The molecule has 2 aliphatic rings. The number of nitrogens with zero attached hydrogens (tertiary/aromatic N) is 2. The first kappa shape index (κ1) is 17.9. The molecule has 128 valence electrons. The Kier molecular flexibility index (Phi) is 6.54. The van der Waals surface area contributed by atoms with Gasteiger partial charge >= 0.3 is 0 Å². The highest BCUT2D eigenvalue weighted by molar-refractivity contribution is 5.85. The SMILES string of the molecule is Cl.O=C(CCC1CCNC1)N1CCN(c2ccccc2O)CC1. The van der Waals surface area contributed by atoms with Crippen LogP contribution >= 0.6 is 12.4 Å². The van der Waals surface area contributed by atoms with Crippen LogP contribution in [0.15, 0.2) is 24.3 Å². The molecule has 0 spiro atoms. The number of phenols is 1. The number of phenolic OH excluding ortho intramolecular Hbond substituents is 1. The number of rotatable bonds is 4. The Bertz CT molecular complexity index is 512. The van der Waals surface area contributed by atoms with E-state index >= 15 is 0 Å². The number of para-hydroxylation sites is 2. The van der Waals surface area contributed by atoms with Crippen molar-refractivity contribution >= 4 is 24.0 Å². The van der Waals surface area contributed by atoms with Crippen LogP contribution in [-0.2, 0) is 4.79 Å². The summed E-state index contributed by atoms with van der Waals surface area (Å²) < 4.78 is 0. The number of anilines is 1. The molecule has 1 amide bonds. The summed E-state index contributed by atoms with van der Waals surface area (Å²) in [6.07, 6.45) is 2.88. The molecule has 0 aliphatic carbocycles. The van der Waals surface area contributed by atoms with Gasteiger partial charge in [-0.15, -0.1) is 12.4 Å². The molecule has 5 nitrogen and oxygen atoms in total. The first-order valence-corrected chi connectivity index (χ1v) is 8.25. The van der Waals surface area contributed by atoms with E-state index in [1.54, 1.807) is 6.07 Å². The number of carbonyl (C=O) groups excluding carboxylic acids is 1. The smallest absolute Gasteiger partial charge is 0.222 e. The van der Waals surface area contributed by atoms with E-state index in [0.717, 1.165) is 51.4 Å². The maximum atomic E-state index is 12.3. The van der Waals surface area contributed by atoms with Crippen molar-refractivity contribution in [3.63, 3.8) is 0 Å². The van der Waals surface area contributed by atoms with Crippen LogP contribution in [-0.4, -0.2) is 55.2 Å². The molecule has 2 heterocycles. The summed E-state index contributed by atoms with van der Waals surface area (Å²) >= 11 is 0. The minimum Gasteiger partial charge on any atom is -0.506 e. The van der Waals surface area contributed by atoms with Crippen molar-refractivity contribution in [2.75, 3.05) is 44.2 Å². The van der Waals surface area contributed by atoms with E-state index in [9.17, 15) is 9.90 Å². The lowest BCUT2D eigenvalue weighted by Gasteiger charge is -2.36. The summed E-state index contributed by atoms with van der Waals surface area (Å²) in [6, 6.07) is 7.40. The van der Waals surface area contributed by atoms with Gasteiger partial charge in [-0.05, 0) is 44.0 Å². The van der Waals surface area contributed by atoms with Gasteiger partial charge in [-0.25, -0.2) is 0 Å². The van der Waals surface area contributed by atoms with E-state index in [-0.39, 0.29) is 18.3 Å². The van der Waals surface area contributed by atoms with Crippen LogP contribution in [0.1, 0.15) is 19.3 Å². The zero-order valence-electron chi connectivity index (χ0n) is 13.4. The predicted molar refractivity (Wildman–Crippen MR) is 94.4 cm³/mol. The summed E-state index contributed by atoms with van der Waals surface area (Å²) in [6.45, 7) is 5.22. The zero-order valence-corrected chi connectivity index (χ0v) is 14.2. The van der Waals surface area contributed by atoms with Crippen LogP contribution in [0.4, 0.5) is 5.69 Å². The molecule has 2 fully saturated rings. The number of carbonyl (C=O) groups is 1. The van der Waals surface area contributed by atoms with E-state index in [1.807, 2.05) is 23.1 Å². The van der Waals surface area contributed by atoms with Crippen LogP contribution in [0.25, 0.3) is 0 Å². The van der Waals surface area contributed by atoms with Crippen molar-refractivity contribution in [2.45, 2.75) is 19.3 Å². The Balaban J connectivity index is 0.00000192. The molecule has 2 aliphatic heterocycles. The van der Waals surface area contributed by atoms with Gasteiger partial charge in [0.05, 0.1) is 5.69 Å².